The van der Waals surface area contributed by atoms with Crippen molar-refractivity contribution in [1.29, 1.82) is 0 Å². The van der Waals surface area contributed by atoms with Crippen LogP contribution in [0.25, 0.3) is 0 Å². The number of aromatic nitrogens is 1. The molecule has 0 fully saturated rings. The summed E-state index contributed by atoms with van der Waals surface area (Å²) in [6.45, 7) is 10.0. The molecule has 1 aromatic heterocycles. The van der Waals surface area contributed by atoms with Crippen molar-refractivity contribution in [2.75, 3.05) is 6.61 Å². The molecule has 0 radical (unpaired) electrons. The number of aliphatic hydroxyl groups excluding tert-OH is 1. The van der Waals surface area contributed by atoms with Gasteiger partial charge in [-0.05, 0) is 25.7 Å². The fraction of sp³-hybridized carbons (Fsp3) is 0.714. The van der Waals surface area contributed by atoms with Crippen molar-refractivity contribution in [3.8, 4) is 0 Å². The first-order valence-electron chi connectivity index (χ1n) is 6.81. The Hall–Kier alpha value is -1.14. The highest BCUT2D eigenvalue weighted by molar-refractivity contribution is 7.09. The lowest BCUT2D eigenvalue weighted by Gasteiger charge is -2.26. The molecular weight excluding hydrogens is 274 g/mol. The Morgan fingerprint density at radius 2 is 2.10 bits per heavy atom. The van der Waals surface area contributed by atoms with E-state index in [-0.39, 0.29) is 30.1 Å². The highest BCUT2D eigenvalue weighted by Crippen LogP contribution is 2.21. The molecule has 3 N–H and O–H groups in total. The first-order chi connectivity index (χ1) is 9.21. The van der Waals surface area contributed by atoms with Crippen LogP contribution in [0.5, 0.6) is 0 Å². The van der Waals surface area contributed by atoms with Crippen LogP contribution in [-0.4, -0.2) is 28.8 Å². The highest BCUT2D eigenvalue weighted by atomic mass is 32.1. The zero-order valence-corrected chi connectivity index (χ0v) is 13.7. The maximum atomic E-state index is 11.9. The minimum absolute atomic E-state index is 0.0543. The van der Waals surface area contributed by atoms with Crippen LogP contribution in [0, 0.1) is 12.3 Å². The van der Waals surface area contributed by atoms with Crippen LogP contribution in [0.15, 0.2) is 5.38 Å². The van der Waals surface area contributed by atoms with E-state index in [1.54, 1.807) is 0 Å². The Morgan fingerprint density at radius 3 is 2.55 bits per heavy atom. The quantitative estimate of drug-likeness (QED) is 0.782. The fourth-order valence-electron chi connectivity index (χ4n) is 1.96. The summed E-state index contributed by atoms with van der Waals surface area (Å²) >= 11 is 1.53. The predicted molar refractivity (Wildman–Crippen MR) is 81.9 cm³/mol. The van der Waals surface area contributed by atoms with E-state index in [1.807, 2.05) is 19.2 Å². The van der Waals surface area contributed by atoms with E-state index in [0.717, 1.165) is 17.1 Å². The minimum Gasteiger partial charge on any atom is -0.394 e. The summed E-state index contributed by atoms with van der Waals surface area (Å²) in [6, 6.07) is -0.642. The number of amides is 2. The Morgan fingerprint density at radius 1 is 1.45 bits per heavy atom. The van der Waals surface area contributed by atoms with Crippen LogP contribution >= 0.6 is 11.3 Å². The summed E-state index contributed by atoms with van der Waals surface area (Å²) in [5.41, 5.74) is 1.01. The Labute approximate surface area is 124 Å². The van der Waals surface area contributed by atoms with Crippen molar-refractivity contribution in [3.63, 3.8) is 0 Å². The second-order valence-corrected chi connectivity index (χ2v) is 7.20. The summed E-state index contributed by atoms with van der Waals surface area (Å²) in [5, 5.41) is 17.8. The Balaban J connectivity index is 2.49. The van der Waals surface area contributed by atoms with Crippen LogP contribution in [0.1, 0.15) is 50.9 Å². The van der Waals surface area contributed by atoms with Gasteiger partial charge in [-0.15, -0.1) is 11.3 Å². The smallest absolute Gasteiger partial charge is 0.315 e. The molecule has 6 heteroatoms. The maximum Gasteiger partial charge on any atom is 0.315 e. The molecule has 2 unspecified atom stereocenters. The van der Waals surface area contributed by atoms with Gasteiger partial charge in [0.1, 0.15) is 5.01 Å². The van der Waals surface area contributed by atoms with Gasteiger partial charge >= 0.3 is 6.03 Å². The molecule has 0 aliphatic carbocycles. The number of hydrogen-bond acceptors (Lipinski definition) is 4. The average molecular weight is 299 g/mol. The molecule has 1 rings (SSSR count). The van der Waals surface area contributed by atoms with Crippen molar-refractivity contribution in [2.24, 2.45) is 5.41 Å². The van der Waals surface area contributed by atoms with E-state index in [2.05, 4.69) is 36.4 Å². The number of nitrogens with one attached hydrogen (secondary N) is 2. The molecule has 1 aromatic rings. The third-order valence-corrected chi connectivity index (χ3v) is 3.91. The SMILES string of the molecule is Cc1csc(C(C)NC(=O)NC(CO)CC(C)(C)C)n1. The molecule has 0 spiro atoms. The van der Waals surface area contributed by atoms with Gasteiger partial charge in [-0.25, -0.2) is 9.78 Å². The van der Waals surface area contributed by atoms with Crippen molar-refractivity contribution in [1.82, 2.24) is 15.6 Å². The average Bonchev–Trinajstić information content (AvgIpc) is 2.73. The summed E-state index contributed by atoms with van der Waals surface area (Å²) < 4.78 is 0. The van der Waals surface area contributed by atoms with E-state index in [4.69, 9.17) is 0 Å². The Kier molecular flexibility index (Phi) is 5.95. The lowest BCUT2D eigenvalue weighted by Crippen LogP contribution is -2.45. The molecule has 114 valence electrons. The van der Waals surface area contributed by atoms with Gasteiger partial charge in [0.15, 0.2) is 0 Å². The monoisotopic (exact) mass is 299 g/mol. The number of nitrogens with zero attached hydrogens (tertiary/aromatic N) is 1. The standard InChI is InChI=1S/C14H25N3O2S/c1-9-8-20-12(15-9)10(2)16-13(19)17-11(7-18)6-14(3,4)5/h8,10-11,18H,6-7H2,1-5H3,(H2,16,17,19). The number of rotatable bonds is 5. The van der Waals surface area contributed by atoms with Crippen molar-refractivity contribution < 1.29 is 9.90 Å². The number of carbonyl (C=O) groups excluding carboxylic acids is 1. The third-order valence-electron chi connectivity index (χ3n) is 2.77. The number of urea groups is 1. The molecule has 2 atom stereocenters. The third kappa shape index (κ3) is 5.88. The van der Waals surface area contributed by atoms with Gasteiger partial charge in [0.2, 0.25) is 0 Å². The van der Waals surface area contributed by atoms with Gasteiger partial charge in [-0.2, -0.15) is 0 Å². The van der Waals surface area contributed by atoms with E-state index in [1.165, 1.54) is 11.3 Å². The summed E-state index contributed by atoms with van der Waals surface area (Å²) in [7, 11) is 0. The van der Waals surface area contributed by atoms with Crippen molar-refractivity contribution in [2.45, 2.75) is 53.1 Å². The largest absolute Gasteiger partial charge is 0.394 e. The Bertz CT molecular complexity index is 440. The molecule has 1 heterocycles. The zero-order chi connectivity index (χ0) is 15.3. The van der Waals surface area contributed by atoms with Crippen LogP contribution in [-0.2, 0) is 0 Å². The van der Waals surface area contributed by atoms with Gasteiger partial charge in [0.25, 0.3) is 0 Å². The summed E-state index contributed by atoms with van der Waals surface area (Å²) in [5.74, 6) is 0. The molecule has 0 aliphatic heterocycles. The normalized spacial score (nSPS) is 14.7. The van der Waals surface area contributed by atoms with E-state index >= 15 is 0 Å². The van der Waals surface area contributed by atoms with Gasteiger partial charge in [0.05, 0.1) is 18.7 Å². The first-order valence-corrected chi connectivity index (χ1v) is 7.69. The second kappa shape index (κ2) is 7.04. The highest BCUT2D eigenvalue weighted by Gasteiger charge is 2.21. The van der Waals surface area contributed by atoms with Crippen LogP contribution in [0.3, 0.4) is 0 Å². The predicted octanol–water partition coefficient (Wildman–Crippen LogP) is 2.61. The molecule has 0 aromatic carbocycles. The fourth-order valence-corrected chi connectivity index (χ4v) is 2.76. The first kappa shape index (κ1) is 16.9. The van der Waals surface area contributed by atoms with Gasteiger partial charge in [0, 0.05) is 11.1 Å². The summed E-state index contributed by atoms with van der Waals surface area (Å²) in [4.78, 5) is 16.3. The van der Waals surface area contributed by atoms with Gasteiger partial charge in [-0.3, -0.25) is 0 Å². The van der Waals surface area contributed by atoms with Crippen molar-refractivity contribution >= 4 is 17.4 Å². The second-order valence-electron chi connectivity index (χ2n) is 6.31. The molecule has 0 saturated heterocycles. The van der Waals surface area contributed by atoms with E-state index in [0.29, 0.717) is 0 Å². The van der Waals surface area contributed by atoms with Crippen LogP contribution in [0.4, 0.5) is 4.79 Å². The molecule has 2 amide bonds. The molecule has 5 nitrogen and oxygen atoms in total. The lowest BCUT2D eigenvalue weighted by molar-refractivity contribution is 0.189. The minimum atomic E-state index is -0.270. The zero-order valence-electron chi connectivity index (χ0n) is 12.9. The van der Waals surface area contributed by atoms with Crippen LogP contribution < -0.4 is 10.6 Å². The van der Waals surface area contributed by atoms with E-state index in [9.17, 15) is 9.90 Å². The van der Waals surface area contributed by atoms with Crippen molar-refractivity contribution in [3.05, 3.63) is 16.1 Å². The number of aryl methyl sites for hydroxylation is 1. The number of hydrogen-bond donors (Lipinski definition) is 3. The topological polar surface area (TPSA) is 74.2 Å². The number of thiazole rings is 1. The summed E-state index contributed by atoms with van der Waals surface area (Å²) in [6.07, 6.45) is 0.724. The van der Waals surface area contributed by atoms with Gasteiger partial charge in [-0.1, -0.05) is 20.8 Å². The van der Waals surface area contributed by atoms with Gasteiger partial charge < -0.3 is 15.7 Å². The number of carbonyl (C=O) groups is 1. The lowest BCUT2D eigenvalue weighted by atomic mass is 9.88. The molecule has 0 saturated carbocycles. The van der Waals surface area contributed by atoms with E-state index < -0.39 is 0 Å². The molecular formula is C14H25N3O2S. The molecule has 0 aliphatic rings. The molecule has 20 heavy (non-hydrogen) atoms. The van der Waals surface area contributed by atoms with Crippen LogP contribution in [0.2, 0.25) is 0 Å². The number of aliphatic hydroxyl groups is 1. The maximum absolute atomic E-state index is 11.9. The molecule has 0 bridgehead atoms.